The Morgan fingerprint density at radius 2 is 1.57 bits per heavy atom. The standard InChI is InChI=1S/C24H26F6N4O3/c1-14(15-9-17(23(25,26)27)11-18(10-15)24(28,29)30)37-13-22(16-5-3-2-4-6-16)8-7-21(12-33-22,19(31)35)34-20(32)36/h2-6,9-11,14,33H,7-8,12-13H2,1H3,(H2,31,35)(H3,32,34,36)/t14-,21+,22-/m1/s1. The van der Waals surface area contributed by atoms with Crippen LogP contribution in [0.1, 0.15) is 48.1 Å². The molecule has 0 aliphatic carbocycles. The van der Waals surface area contributed by atoms with Gasteiger partial charge in [0.15, 0.2) is 0 Å². The molecule has 3 atom stereocenters. The van der Waals surface area contributed by atoms with Crippen molar-refractivity contribution in [3.63, 3.8) is 0 Å². The summed E-state index contributed by atoms with van der Waals surface area (Å²) in [5.41, 5.74) is 5.74. The first-order valence-corrected chi connectivity index (χ1v) is 11.2. The maximum Gasteiger partial charge on any atom is 0.416 e. The largest absolute Gasteiger partial charge is 0.416 e. The van der Waals surface area contributed by atoms with Crippen LogP contribution in [-0.4, -0.2) is 30.6 Å². The third kappa shape index (κ3) is 6.34. The summed E-state index contributed by atoms with van der Waals surface area (Å²) in [6.45, 7) is 1.03. The van der Waals surface area contributed by atoms with Crippen molar-refractivity contribution in [3.8, 4) is 0 Å². The third-order valence-electron chi connectivity index (χ3n) is 6.53. The Balaban J connectivity index is 1.90. The first-order valence-electron chi connectivity index (χ1n) is 11.2. The molecule has 7 nitrogen and oxygen atoms in total. The summed E-state index contributed by atoms with van der Waals surface area (Å²) >= 11 is 0. The second kappa shape index (κ2) is 10.2. The topological polar surface area (TPSA) is 119 Å². The number of piperidine rings is 1. The Morgan fingerprint density at radius 3 is 2.00 bits per heavy atom. The summed E-state index contributed by atoms with van der Waals surface area (Å²) in [7, 11) is 0. The highest BCUT2D eigenvalue weighted by Gasteiger charge is 2.48. The van der Waals surface area contributed by atoms with Crippen LogP contribution in [-0.2, 0) is 27.4 Å². The number of hydrogen-bond acceptors (Lipinski definition) is 4. The van der Waals surface area contributed by atoms with E-state index in [4.69, 9.17) is 16.2 Å². The van der Waals surface area contributed by atoms with Gasteiger partial charge in [-0.1, -0.05) is 30.3 Å². The number of benzene rings is 2. The normalized spacial score (nSPS) is 23.3. The van der Waals surface area contributed by atoms with Crippen molar-refractivity contribution in [3.05, 3.63) is 70.8 Å². The minimum Gasteiger partial charge on any atom is -0.372 e. The van der Waals surface area contributed by atoms with Crippen molar-refractivity contribution in [1.29, 1.82) is 0 Å². The van der Waals surface area contributed by atoms with E-state index in [9.17, 15) is 35.9 Å². The van der Waals surface area contributed by atoms with Crippen LogP contribution in [0.2, 0.25) is 0 Å². The van der Waals surface area contributed by atoms with Gasteiger partial charge in [-0.15, -0.1) is 0 Å². The average molecular weight is 532 g/mol. The van der Waals surface area contributed by atoms with Crippen LogP contribution in [0.25, 0.3) is 0 Å². The lowest BCUT2D eigenvalue weighted by molar-refractivity contribution is -0.143. The second-order valence-corrected chi connectivity index (χ2v) is 9.03. The number of urea groups is 1. The molecular weight excluding hydrogens is 506 g/mol. The number of ether oxygens (including phenoxy) is 1. The number of alkyl halides is 6. The zero-order chi connectivity index (χ0) is 27.6. The predicted molar refractivity (Wildman–Crippen MR) is 121 cm³/mol. The molecule has 202 valence electrons. The fourth-order valence-corrected chi connectivity index (χ4v) is 4.33. The molecule has 2 aromatic rings. The summed E-state index contributed by atoms with van der Waals surface area (Å²) < 4.78 is 85.6. The molecule has 1 aliphatic heterocycles. The van der Waals surface area contributed by atoms with Crippen molar-refractivity contribution in [1.82, 2.24) is 10.6 Å². The van der Waals surface area contributed by atoms with E-state index < -0.39 is 52.6 Å². The molecule has 1 aliphatic rings. The molecule has 3 amide bonds. The molecule has 0 aromatic heterocycles. The lowest BCUT2D eigenvalue weighted by Gasteiger charge is -2.46. The van der Waals surface area contributed by atoms with E-state index in [-0.39, 0.29) is 37.6 Å². The summed E-state index contributed by atoms with van der Waals surface area (Å²) in [5.74, 6) is -0.821. The minimum absolute atomic E-state index is 0.0483. The van der Waals surface area contributed by atoms with Crippen LogP contribution in [0, 0.1) is 0 Å². The van der Waals surface area contributed by atoms with E-state index in [2.05, 4.69) is 10.6 Å². The molecule has 0 radical (unpaired) electrons. The highest BCUT2D eigenvalue weighted by molar-refractivity contribution is 5.90. The van der Waals surface area contributed by atoms with Gasteiger partial charge in [0.2, 0.25) is 5.91 Å². The smallest absolute Gasteiger partial charge is 0.372 e. The Morgan fingerprint density at radius 1 is 1.00 bits per heavy atom. The number of halogens is 6. The second-order valence-electron chi connectivity index (χ2n) is 9.03. The first-order chi connectivity index (χ1) is 17.1. The highest BCUT2D eigenvalue weighted by atomic mass is 19.4. The van der Waals surface area contributed by atoms with Gasteiger partial charge in [0.05, 0.1) is 29.4 Å². The summed E-state index contributed by atoms with van der Waals surface area (Å²) in [6.07, 6.45) is -10.9. The number of hydrogen-bond donors (Lipinski definition) is 4. The van der Waals surface area contributed by atoms with Gasteiger partial charge < -0.3 is 26.8 Å². The molecule has 2 aromatic carbocycles. The Kier molecular flexibility index (Phi) is 7.80. The van der Waals surface area contributed by atoms with Crippen LogP contribution >= 0.6 is 0 Å². The minimum atomic E-state index is -4.99. The van der Waals surface area contributed by atoms with E-state index in [1.54, 1.807) is 30.3 Å². The quantitative estimate of drug-likeness (QED) is 0.404. The number of nitrogens with two attached hydrogens (primary N) is 2. The Hall–Kier alpha value is -3.32. The SMILES string of the molecule is C[C@@H](OC[C@@]1(c2ccccc2)CC[C@@](NC(N)=O)(C(N)=O)CN1)c1cc(C(F)(F)F)cc(C(F)(F)F)c1. The van der Waals surface area contributed by atoms with E-state index in [0.29, 0.717) is 17.7 Å². The van der Waals surface area contributed by atoms with Crippen molar-refractivity contribution < 1.29 is 40.7 Å². The third-order valence-corrected chi connectivity index (χ3v) is 6.53. The van der Waals surface area contributed by atoms with Gasteiger partial charge in [0.25, 0.3) is 0 Å². The van der Waals surface area contributed by atoms with Crippen molar-refractivity contribution in [2.24, 2.45) is 11.5 Å². The molecular formula is C24H26F6N4O3. The molecule has 37 heavy (non-hydrogen) atoms. The van der Waals surface area contributed by atoms with Crippen molar-refractivity contribution in [2.75, 3.05) is 13.2 Å². The molecule has 1 fully saturated rings. The fraction of sp³-hybridized carbons (Fsp3) is 0.417. The lowest BCUT2D eigenvalue weighted by atomic mass is 9.76. The average Bonchev–Trinajstić information content (AvgIpc) is 2.82. The zero-order valence-electron chi connectivity index (χ0n) is 19.7. The molecule has 0 bridgehead atoms. The maximum absolute atomic E-state index is 13.3. The molecule has 0 spiro atoms. The molecule has 0 unspecified atom stereocenters. The lowest BCUT2D eigenvalue weighted by Crippen LogP contribution is -2.69. The van der Waals surface area contributed by atoms with Crippen molar-refractivity contribution >= 4 is 11.9 Å². The first kappa shape index (κ1) is 28.3. The van der Waals surface area contributed by atoms with E-state index >= 15 is 0 Å². The van der Waals surface area contributed by atoms with Gasteiger partial charge in [0.1, 0.15) is 5.54 Å². The van der Waals surface area contributed by atoms with Gasteiger partial charge in [-0.25, -0.2) is 4.79 Å². The van der Waals surface area contributed by atoms with Gasteiger partial charge in [0, 0.05) is 6.54 Å². The van der Waals surface area contributed by atoms with Gasteiger partial charge >= 0.3 is 18.4 Å². The summed E-state index contributed by atoms with van der Waals surface area (Å²) in [4.78, 5) is 23.6. The molecule has 1 saturated heterocycles. The number of amides is 3. The van der Waals surface area contributed by atoms with Crippen molar-refractivity contribution in [2.45, 2.75) is 49.3 Å². The Labute approximate surface area is 208 Å². The van der Waals surface area contributed by atoms with Gasteiger partial charge in [-0.3, -0.25) is 4.79 Å². The molecule has 13 heteroatoms. The number of carbonyl (C=O) groups excluding carboxylic acids is 2. The van der Waals surface area contributed by atoms with E-state index in [0.717, 1.165) is 0 Å². The number of carbonyl (C=O) groups is 2. The van der Waals surface area contributed by atoms with Crippen LogP contribution in [0.3, 0.4) is 0 Å². The number of nitrogens with one attached hydrogen (secondary N) is 2. The maximum atomic E-state index is 13.3. The van der Waals surface area contributed by atoms with Gasteiger partial charge in [-0.05, 0) is 49.1 Å². The molecule has 0 saturated carbocycles. The van der Waals surface area contributed by atoms with Crippen LogP contribution in [0.4, 0.5) is 31.1 Å². The zero-order valence-corrected chi connectivity index (χ0v) is 19.7. The fourth-order valence-electron chi connectivity index (χ4n) is 4.33. The van der Waals surface area contributed by atoms with Crippen LogP contribution < -0.4 is 22.1 Å². The van der Waals surface area contributed by atoms with Crippen LogP contribution in [0.15, 0.2) is 48.5 Å². The summed E-state index contributed by atoms with van der Waals surface area (Å²) in [6, 6.07) is 9.09. The monoisotopic (exact) mass is 532 g/mol. The van der Waals surface area contributed by atoms with E-state index in [1.807, 2.05) is 0 Å². The summed E-state index contributed by atoms with van der Waals surface area (Å²) in [5, 5.41) is 5.51. The highest BCUT2D eigenvalue weighted by Crippen LogP contribution is 2.39. The van der Waals surface area contributed by atoms with E-state index in [1.165, 1.54) is 6.92 Å². The number of primary amides is 2. The van der Waals surface area contributed by atoms with Crippen LogP contribution in [0.5, 0.6) is 0 Å². The molecule has 6 N–H and O–H groups in total. The molecule has 3 rings (SSSR count). The predicted octanol–water partition coefficient (Wildman–Crippen LogP) is 3.97. The number of rotatable bonds is 7. The Bertz CT molecular complexity index is 1100. The molecule has 1 heterocycles. The van der Waals surface area contributed by atoms with Gasteiger partial charge in [-0.2, -0.15) is 26.3 Å².